The largest absolute Gasteiger partial charge is 0.497 e. The second-order valence-electron chi connectivity index (χ2n) is 3.79. The molecule has 0 unspecified atom stereocenters. The van der Waals surface area contributed by atoms with E-state index in [1.54, 1.807) is 25.6 Å². The van der Waals surface area contributed by atoms with Crippen molar-refractivity contribution in [3.05, 3.63) is 36.0 Å². The van der Waals surface area contributed by atoms with Crippen molar-refractivity contribution in [2.75, 3.05) is 14.2 Å². The van der Waals surface area contributed by atoms with Gasteiger partial charge in [0.15, 0.2) is 4.96 Å². The van der Waals surface area contributed by atoms with Crippen molar-refractivity contribution >= 4 is 16.3 Å². The summed E-state index contributed by atoms with van der Waals surface area (Å²) in [5.74, 6) is 1.59. The van der Waals surface area contributed by atoms with E-state index in [-0.39, 0.29) is 0 Å². The van der Waals surface area contributed by atoms with E-state index >= 15 is 0 Å². The van der Waals surface area contributed by atoms with E-state index in [4.69, 9.17) is 9.47 Å². The molecule has 0 amide bonds. The van der Waals surface area contributed by atoms with Crippen LogP contribution in [0.15, 0.2) is 36.0 Å². The molecule has 0 aliphatic carbocycles. The summed E-state index contributed by atoms with van der Waals surface area (Å²) < 4.78 is 12.6. The minimum atomic E-state index is 0.793. The molecule has 0 radical (unpaired) electrons. The standard InChI is InChI=1S/C13H12N2O2S/c1-16-9-3-4-12(17-2)10(7-9)11-8-15-5-6-18-13(15)14-11/h3-8H,1-2H3. The Morgan fingerprint density at radius 2 is 2.11 bits per heavy atom. The zero-order valence-electron chi connectivity index (χ0n) is 10.1. The molecular weight excluding hydrogens is 248 g/mol. The first-order valence-corrected chi connectivity index (χ1v) is 6.34. The topological polar surface area (TPSA) is 35.8 Å². The van der Waals surface area contributed by atoms with E-state index in [2.05, 4.69) is 4.98 Å². The third kappa shape index (κ3) is 1.73. The monoisotopic (exact) mass is 260 g/mol. The number of rotatable bonds is 3. The number of hydrogen-bond acceptors (Lipinski definition) is 4. The first-order valence-electron chi connectivity index (χ1n) is 5.46. The molecule has 2 heterocycles. The molecule has 0 fully saturated rings. The Morgan fingerprint density at radius 3 is 2.83 bits per heavy atom. The quantitative estimate of drug-likeness (QED) is 0.726. The molecular formula is C13H12N2O2S. The molecule has 0 aliphatic rings. The predicted octanol–water partition coefficient (Wildman–Crippen LogP) is 3.08. The number of imidazole rings is 1. The molecule has 18 heavy (non-hydrogen) atoms. The Balaban J connectivity index is 2.17. The van der Waals surface area contributed by atoms with Gasteiger partial charge in [0.25, 0.3) is 0 Å². The van der Waals surface area contributed by atoms with Gasteiger partial charge in [-0.15, -0.1) is 11.3 Å². The second-order valence-corrected chi connectivity index (χ2v) is 4.66. The molecule has 1 aromatic carbocycles. The zero-order valence-corrected chi connectivity index (χ0v) is 10.9. The maximum Gasteiger partial charge on any atom is 0.194 e. The summed E-state index contributed by atoms with van der Waals surface area (Å²) in [7, 11) is 3.31. The van der Waals surface area contributed by atoms with Gasteiger partial charge in [0, 0.05) is 23.3 Å². The Hall–Kier alpha value is -2.01. The summed E-state index contributed by atoms with van der Waals surface area (Å²) in [6, 6.07) is 5.70. The fraction of sp³-hybridized carbons (Fsp3) is 0.154. The Kier molecular flexibility index (Phi) is 2.68. The van der Waals surface area contributed by atoms with Crippen LogP contribution in [0.2, 0.25) is 0 Å². The lowest BCUT2D eigenvalue weighted by molar-refractivity contribution is 0.404. The van der Waals surface area contributed by atoms with Gasteiger partial charge in [-0.25, -0.2) is 4.98 Å². The van der Waals surface area contributed by atoms with Crippen LogP contribution in [0.25, 0.3) is 16.2 Å². The number of aromatic nitrogens is 2. The van der Waals surface area contributed by atoms with Crippen molar-refractivity contribution in [3.63, 3.8) is 0 Å². The molecule has 92 valence electrons. The molecule has 5 heteroatoms. The smallest absolute Gasteiger partial charge is 0.194 e. The number of ether oxygens (including phenoxy) is 2. The van der Waals surface area contributed by atoms with Crippen LogP contribution >= 0.6 is 11.3 Å². The van der Waals surface area contributed by atoms with Gasteiger partial charge >= 0.3 is 0 Å². The van der Waals surface area contributed by atoms with E-state index in [1.165, 1.54) is 0 Å². The lowest BCUT2D eigenvalue weighted by Crippen LogP contribution is -1.90. The summed E-state index contributed by atoms with van der Waals surface area (Å²) >= 11 is 1.61. The van der Waals surface area contributed by atoms with Gasteiger partial charge in [0.2, 0.25) is 0 Å². The van der Waals surface area contributed by atoms with E-state index in [1.807, 2.05) is 40.4 Å². The molecule has 2 aromatic heterocycles. The Morgan fingerprint density at radius 1 is 1.22 bits per heavy atom. The van der Waals surface area contributed by atoms with Crippen molar-refractivity contribution in [3.8, 4) is 22.8 Å². The van der Waals surface area contributed by atoms with Crippen LogP contribution in [-0.4, -0.2) is 23.6 Å². The van der Waals surface area contributed by atoms with Crippen LogP contribution in [-0.2, 0) is 0 Å². The summed E-state index contributed by atoms with van der Waals surface area (Å²) in [5.41, 5.74) is 1.82. The molecule has 0 saturated heterocycles. The normalized spacial score (nSPS) is 10.8. The Labute approximate surface area is 108 Å². The van der Waals surface area contributed by atoms with Crippen LogP contribution < -0.4 is 9.47 Å². The maximum atomic E-state index is 5.37. The number of nitrogens with zero attached hydrogens (tertiary/aromatic N) is 2. The highest BCUT2D eigenvalue weighted by molar-refractivity contribution is 7.15. The molecule has 3 aromatic rings. The predicted molar refractivity (Wildman–Crippen MR) is 71.6 cm³/mol. The summed E-state index contributed by atoms with van der Waals surface area (Å²) in [5, 5.41) is 2.01. The third-order valence-corrected chi connectivity index (χ3v) is 3.55. The molecule has 3 rings (SSSR count). The van der Waals surface area contributed by atoms with Gasteiger partial charge < -0.3 is 9.47 Å². The van der Waals surface area contributed by atoms with Gasteiger partial charge in [-0.2, -0.15) is 0 Å². The Bertz CT molecular complexity index is 659. The summed E-state index contributed by atoms with van der Waals surface area (Å²) in [6.07, 6.45) is 3.98. The third-order valence-electron chi connectivity index (χ3n) is 2.78. The van der Waals surface area contributed by atoms with Gasteiger partial charge in [-0.3, -0.25) is 4.40 Å². The van der Waals surface area contributed by atoms with Crippen LogP contribution in [0.3, 0.4) is 0 Å². The minimum absolute atomic E-state index is 0.793. The highest BCUT2D eigenvalue weighted by atomic mass is 32.1. The van der Waals surface area contributed by atoms with Crippen molar-refractivity contribution in [1.82, 2.24) is 9.38 Å². The fourth-order valence-electron chi connectivity index (χ4n) is 1.87. The maximum absolute atomic E-state index is 5.37. The minimum Gasteiger partial charge on any atom is -0.497 e. The summed E-state index contributed by atoms with van der Waals surface area (Å²) in [4.78, 5) is 5.54. The van der Waals surface area contributed by atoms with Crippen molar-refractivity contribution < 1.29 is 9.47 Å². The lowest BCUT2D eigenvalue weighted by Gasteiger charge is -2.08. The van der Waals surface area contributed by atoms with E-state index in [0.29, 0.717) is 0 Å². The number of hydrogen-bond donors (Lipinski definition) is 0. The van der Waals surface area contributed by atoms with Crippen LogP contribution in [0.5, 0.6) is 11.5 Å². The van der Waals surface area contributed by atoms with Crippen LogP contribution in [0.4, 0.5) is 0 Å². The number of methoxy groups -OCH3 is 2. The molecule has 0 bridgehead atoms. The van der Waals surface area contributed by atoms with E-state index < -0.39 is 0 Å². The average Bonchev–Trinajstić information content (AvgIpc) is 2.98. The SMILES string of the molecule is COc1ccc(OC)c(-c2cn3ccsc3n2)c1. The van der Waals surface area contributed by atoms with Crippen molar-refractivity contribution in [2.24, 2.45) is 0 Å². The van der Waals surface area contributed by atoms with Crippen molar-refractivity contribution in [1.29, 1.82) is 0 Å². The first kappa shape index (κ1) is 11.1. The van der Waals surface area contributed by atoms with Crippen LogP contribution in [0.1, 0.15) is 0 Å². The molecule has 0 aliphatic heterocycles. The van der Waals surface area contributed by atoms with E-state index in [0.717, 1.165) is 27.7 Å². The van der Waals surface area contributed by atoms with Gasteiger partial charge in [-0.1, -0.05) is 0 Å². The van der Waals surface area contributed by atoms with Crippen LogP contribution in [0, 0.1) is 0 Å². The molecule has 0 N–H and O–H groups in total. The molecule has 4 nitrogen and oxygen atoms in total. The van der Waals surface area contributed by atoms with Gasteiger partial charge in [0.05, 0.1) is 19.9 Å². The highest BCUT2D eigenvalue weighted by Gasteiger charge is 2.11. The highest BCUT2D eigenvalue weighted by Crippen LogP contribution is 2.33. The average molecular weight is 260 g/mol. The summed E-state index contributed by atoms with van der Waals surface area (Å²) in [6.45, 7) is 0. The molecule has 0 atom stereocenters. The van der Waals surface area contributed by atoms with Crippen molar-refractivity contribution in [2.45, 2.75) is 0 Å². The molecule has 0 saturated carbocycles. The number of fused-ring (bicyclic) bond motifs is 1. The number of benzene rings is 1. The lowest BCUT2D eigenvalue weighted by atomic mass is 10.1. The first-order chi connectivity index (χ1) is 8.81. The molecule has 0 spiro atoms. The number of thiazole rings is 1. The van der Waals surface area contributed by atoms with Gasteiger partial charge in [-0.05, 0) is 18.2 Å². The fourth-order valence-corrected chi connectivity index (χ4v) is 2.57. The second kappa shape index (κ2) is 4.34. The zero-order chi connectivity index (χ0) is 12.5. The van der Waals surface area contributed by atoms with E-state index in [9.17, 15) is 0 Å². The van der Waals surface area contributed by atoms with Gasteiger partial charge in [0.1, 0.15) is 11.5 Å².